The van der Waals surface area contributed by atoms with Crippen LogP contribution in [0.1, 0.15) is 13.8 Å². The van der Waals surface area contributed by atoms with Crippen LogP contribution in [0.25, 0.3) is 0 Å². The van der Waals surface area contributed by atoms with Crippen molar-refractivity contribution in [2.24, 2.45) is 0 Å². The molecule has 1 heterocycles. The molecule has 1 saturated heterocycles. The molecule has 0 aliphatic carbocycles. The van der Waals surface area contributed by atoms with Crippen LogP contribution in [0.15, 0.2) is 24.3 Å². The molecule has 1 aromatic carbocycles. The highest BCUT2D eigenvalue weighted by Gasteiger charge is 2.22. The zero-order valence-electron chi connectivity index (χ0n) is 14.1. The van der Waals surface area contributed by atoms with Gasteiger partial charge < -0.3 is 15.0 Å². The summed E-state index contributed by atoms with van der Waals surface area (Å²) in [4.78, 5) is 27.6. The van der Waals surface area contributed by atoms with Crippen molar-refractivity contribution in [3.05, 3.63) is 30.1 Å². The number of nitrogens with one attached hydrogen (secondary N) is 1. The number of rotatable bonds is 6. The summed E-state index contributed by atoms with van der Waals surface area (Å²) in [6.07, 6.45) is 0. The minimum atomic E-state index is -0.341. The molecule has 7 heteroatoms. The van der Waals surface area contributed by atoms with Crippen LogP contribution < -0.4 is 10.1 Å². The van der Waals surface area contributed by atoms with Gasteiger partial charge in [0.25, 0.3) is 5.91 Å². The van der Waals surface area contributed by atoms with Gasteiger partial charge in [-0.1, -0.05) is 0 Å². The normalized spacial score (nSPS) is 15.4. The Balaban J connectivity index is 1.70. The first-order valence-corrected chi connectivity index (χ1v) is 8.12. The average molecular weight is 337 g/mol. The minimum Gasteiger partial charge on any atom is -0.484 e. The number of hydrogen-bond acceptors (Lipinski definition) is 4. The molecule has 1 aliphatic rings. The number of nitrogens with zero attached hydrogens (tertiary/aromatic N) is 2. The third-order valence-electron chi connectivity index (χ3n) is 3.72. The molecule has 1 aromatic rings. The quantitative estimate of drug-likeness (QED) is 0.837. The first-order valence-electron chi connectivity index (χ1n) is 8.12. The molecule has 0 aromatic heterocycles. The SMILES string of the molecule is CC(C)NC(=O)CN1CCN(C(=O)COc2ccc(F)cc2)CC1. The Morgan fingerprint density at radius 2 is 1.79 bits per heavy atom. The molecule has 0 atom stereocenters. The van der Waals surface area contributed by atoms with E-state index in [1.807, 2.05) is 18.7 Å². The fourth-order valence-corrected chi connectivity index (χ4v) is 2.49. The van der Waals surface area contributed by atoms with Gasteiger partial charge in [-0.15, -0.1) is 0 Å². The first-order chi connectivity index (χ1) is 11.4. The number of ether oxygens (including phenoxy) is 1. The lowest BCUT2D eigenvalue weighted by Crippen LogP contribution is -2.52. The number of piperazine rings is 1. The molecule has 0 saturated carbocycles. The number of benzene rings is 1. The molecule has 0 spiro atoms. The molecule has 0 radical (unpaired) electrons. The summed E-state index contributed by atoms with van der Waals surface area (Å²) in [5.74, 6) is 0.0232. The van der Waals surface area contributed by atoms with Gasteiger partial charge in [0.05, 0.1) is 6.54 Å². The predicted octanol–water partition coefficient (Wildman–Crippen LogP) is 0.873. The highest BCUT2D eigenvalue weighted by atomic mass is 19.1. The molecule has 1 aliphatic heterocycles. The highest BCUT2D eigenvalue weighted by Crippen LogP contribution is 2.11. The molecular weight excluding hydrogens is 313 g/mol. The second kappa shape index (κ2) is 8.63. The van der Waals surface area contributed by atoms with Gasteiger partial charge in [-0.3, -0.25) is 14.5 Å². The van der Waals surface area contributed by atoms with Crippen LogP contribution in [-0.2, 0) is 9.59 Å². The number of hydrogen-bond donors (Lipinski definition) is 1. The third-order valence-corrected chi connectivity index (χ3v) is 3.72. The van der Waals surface area contributed by atoms with Crippen molar-refractivity contribution in [2.75, 3.05) is 39.3 Å². The van der Waals surface area contributed by atoms with E-state index < -0.39 is 0 Å². The Morgan fingerprint density at radius 3 is 2.38 bits per heavy atom. The largest absolute Gasteiger partial charge is 0.484 e. The number of carbonyl (C=O) groups is 2. The lowest BCUT2D eigenvalue weighted by atomic mass is 10.3. The molecule has 0 unspecified atom stereocenters. The first kappa shape index (κ1) is 18.2. The zero-order valence-corrected chi connectivity index (χ0v) is 14.1. The maximum atomic E-state index is 12.8. The lowest BCUT2D eigenvalue weighted by molar-refractivity contribution is -0.135. The molecule has 24 heavy (non-hydrogen) atoms. The molecule has 2 amide bonds. The van der Waals surface area contributed by atoms with Gasteiger partial charge in [0.2, 0.25) is 5.91 Å². The van der Waals surface area contributed by atoms with Crippen LogP contribution in [0.3, 0.4) is 0 Å². The van der Waals surface area contributed by atoms with Gasteiger partial charge in [-0.05, 0) is 38.1 Å². The van der Waals surface area contributed by atoms with E-state index in [1.165, 1.54) is 24.3 Å². The third kappa shape index (κ3) is 5.81. The summed E-state index contributed by atoms with van der Waals surface area (Å²) in [7, 11) is 0. The highest BCUT2D eigenvalue weighted by molar-refractivity contribution is 5.79. The standard InChI is InChI=1S/C17H24FN3O3/c1-13(2)19-16(22)11-20-7-9-21(10-8-20)17(23)12-24-15-5-3-14(18)4-6-15/h3-6,13H,7-12H2,1-2H3,(H,19,22). The van der Waals surface area contributed by atoms with Gasteiger partial charge in [-0.25, -0.2) is 4.39 Å². The van der Waals surface area contributed by atoms with Crippen molar-refractivity contribution in [2.45, 2.75) is 19.9 Å². The van der Waals surface area contributed by atoms with Gasteiger partial charge in [-0.2, -0.15) is 0 Å². The number of halogens is 1. The molecular formula is C17H24FN3O3. The van der Waals surface area contributed by atoms with Crippen molar-refractivity contribution in [3.8, 4) is 5.75 Å². The Morgan fingerprint density at radius 1 is 1.17 bits per heavy atom. The van der Waals surface area contributed by atoms with E-state index in [4.69, 9.17) is 4.74 Å². The van der Waals surface area contributed by atoms with Gasteiger partial charge in [0, 0.05) is 32.2 Å². The Labute approximate surface area is 141 Å². The van der Waals surface area contributed by atoms with Crippen LogP contribution in [0.5, 0.6) is 5.75 Å². The smallest absolute Gasteiger partial charge is 0.260 e. The van der Waals surface area contributed by atoms with Crippen molar-refractivity contribution >= 4 is 11.8 Å². The predicted molar refractivity (Wildman–Crippen MR) is 88.2 cm³/mol. The van der Waals surface area contributed by atoms with E-state index in [9.17, 15) is 14.0 Å². The molecule has 2 rings (SSSR count). The molecule has 1 N–H and O–H groups in total. The maximum Gasteiger partial charge on any atom is 0.260 e. The summed E-state index contributed by atoms with van der Waals surface area (Å²) in [5.41, 5.74) is 0. The minimum absolute atomic E-state index is 0.00409. The summed E-state index contributed by atoms with van der Waals surface area (Å²) < 4.78 is 18.2. The van der Waals surface area contributed by atoms with Gasteiger partial charge in [0.1, 0.15) is 11.6 Å². The van der Waals surface area contributed by atoms with Gasteiger partial charge >= 0.3 is 0 Å². The van der Waals surface area contributed by atoms with Crippen molar-refractivity contribution in [3.63, 3.8) is 0 Å². The monoisotopic (exact) mass is 337 g/mol. The van der Waals surface area contributed by atoms with Crippen molar-refractivity contribution in [1.29, 1.82) is 0 Å². The van der Waals surface area contributed by atoms with E-state index >= 15 is 0 Å². The second-order valence-corrected chi connectivity index (χ2v) is 6.12. The van der Waals surface area contributed by atoms with Gasteiger partial charge in [0.15, 0.2) is 6.61 Å². The number of carbonyl (C=O) groups excluding carboxylic acids is 2. The maximum absolute atomic E-state index is 12.8. The van der Waals surface area contributed by atoms with E-state index in [0.29, 0.717) is 38.5 Å². The lowest BCUT2D eigenvalue weighted by Gasteiger charge is -2.34. The van der Waals surface area contributed by atoms with Crippen LogP contribution in [0.4, 0.5) is 4.39 Å². The van der Waals surface area contributed by atoms with Crippen molar-refractivity contribution < 1.29 is 18.7 Å². The fraction of sp³-hybridized carbons (Fsp3) is 0.529. The number of amides is 2. The van der Waals surface area contributed by atoms with E-state index in [-0.39, 0.29) is 30.3 Å². The summed E-state index contributed by atoms with van der Waals surface area (Å²) in [6, 6.07) is 5.70. The Hall–Kier alpha value is -2.15. The van der Waals surface area contributed by atoms with E-state index in [2.05, 4.69) is 5.32 Å². The second-order valence-electron chi connectivity index (χ2n) is 6.12. The molecule has 6 nitrogen and oxygen atoms in total. The topological polar surface area (TPSA) is 61.9 Å². The Bertz CT molecular complexity index is 555. The van der Waals surface area contributed by atoms with Crippen LogP contribution in [0, 0.1) is 5.82 Å². The average Bonchev–Trinajstić information content (AvgIpc) is 2.54. The summed E-state index contributed by atoms with van der Waals surface area (Å²) >= 11 is 0. The molecule has 1 fully saturated rings. The van der Waals surface area contributed by atoms with E-state index in [1.54, 1.807) is 4.90 Å². The molecule has 0 bridgehead atoms. The van der Waals surface area contributed by atoms with Crippen molar-refractivity contribution in [1.82, 2.24) is 15.1 Å². The zero-order chi connectivity index (χ0) is 17.5. The molecule has 132 valence electrons. The van der Waals surface area contributed by atoms with Crippen LogP contribution in [-0.4, -0.2) is 67.0 Å². The van der Waals surface area contributed by atoms with Crippen LogP contribution in [0.2, 0.25) is 0 Å². The fourth-order valence-electron chi connectivity index (χ4n) is 2.49. The van der Waals surface area contributed by atoms with E-state index in [0.717, 1.165) is 0 Å². The summed E-state index contributed by atoms with van der Waals surface area (Å²) in [5, 5.41) is 2.86. The Kier molecular flexibility index (Phi) is 6.54. The summed E-state index contributed by atoms with van der Waals surface area (Å²) in [6.45, 7) is 6.60. The van der Waals surface area contributed by atoms with Crippen LogP contribution >= 0.6 is 0 Å².